The molecule has 1 aromatic heterocycles. The van der Waals surface area contributed by atoms with Gasteiger partial charge in [-0.1, -0.05) is 37.2 Å². The Morgan fingerprint density at radius 1 is 1.03 bits per heavy atom. The summed E-state index contributed by atoms with van der Waals surface area (Å²) in [7, 11) is 0. The standard InChI is InChI=1S/C23H21F3N4O3S/c1-2-5-16-12-19(31)30-22(27-16)34-13-20(32)28-17-6-3-4-7-18(17)29-21(33)14-8-10-15(11-9-14)23(24,25)26/h3-4,6-12H,2,5,13H2,1H3,(H,28,32)(H,29,33)(H,27,30,31). The fourth-order valence-corrected chi connectivity index (χ4v) is 3.66. The summed E-state index contributed by atoms with van der Waals surface area (Å²) in [5, 5.41) is 5.60. The van der Waals surface area contributed by atoms with Crippen molar-refractivity contribution >= 4 is 35.0 Å². The fourth-order valence-electron chi connectivity index (χ4n) is 2.96. The Hall–Kier alpha value is -3.60. The van der Waals surface area contributed by atoms with Crippen molar-refractivity contribution in [1.82, 2.24) is 9.97 Å². The predicted octanol–water partition coefficient (Wildman–Crippen LogP) is 4.72. The minimum atomic E-state index is -4.50. The van der Waals surface area contributed by atoms with Gasteiger partial charge in [0.25, 0.3) is 11.5 Å². The Kier molecular flexibility index (Phi) is 8.11. The van der Waals surface area contributed by atoms with Gasteiger partial charge in [-0.2, -0.15) is 13.2 Å². The van der Waals surface area contributed by atoms with E-state index in [2.05, 4.69) is 20.6 Å². The van der Waals surface area contributed by atoms with Crippen molar-refractivity contribution in [2.75, 3.05) is 16.4 Å². The van der Waals surface area contributed by atoms with E-state index in [-0.39, 0.29) is 22.6 Å². The number of aryl methyl sites for hydroxylation is 1. The quantitative estimate of drug-likeness (QED) is 0.313. The Morgan fingerprint density at radius 3 is 2.29 bits per heavy atom. The molecule has 11 heteroatoms. The molecule has 0 aliphatic rings. The lowest BCUT2D eigenvalue weighted by molar-refractivity contribution is -0.137. The zero-order valence-corrected chi connectivity index (χ0v) is 18.8. The topological polar surface area (TPSA) is 104 Å². The summed E-state index contributed by atoms with van der Waals surface area (Å²) < 4.78 is 38.2. The molecule has 0 unspecified atom stereocenters. The monoisotopic (exact) mass is 490 g/mol. The van der Waals surface area contributed by atoms with E-state index < -0.39 is 23.6 Å². The van der Waals surface area contributed by atoms with Crippen LogP contribution in [-0.4, -0.2) is 27.5 Å². The molecule has 3 rings (SSSR count). The van der Waals surface area contributed by atoms with Crippen molar-refractivity contribution in [2.45, 2.75) is 31.1 Å². The van der Waals surface area contributed by atoms with Gasteiger partial charge >= 0.3 is 6.18 Å². The molecule has 0 spiro atoms. The third-order valence-corrected chi connectivity index (χ3v) is 5.42. The number of nitrogens with one attached hydrogen (secondary N) is 3. The van der Waals surface area contributed by atoms with Crippen LogP contribution >= 0.6 is 11.8 Å². The second-order valence-corrected chi connectivity index (χ2v) is 8.17. The second kappa shape index (κ2) is 11.0. The number of hydrogen-bond acceptors (Lipinski definition) is 5. The number of benzene rings is 2. The Labute approximate surface area is 197 Å². The number of carbonyl (C=O) groups excluding carboxylic acids is 2. The molecule has 2 amide bonds. The average molecular weight is 491 g/mol. The summed E-state index contributed by atoms with van der Waals surface area (Å²) in [6.07, 6.45) is -3.02. The third-order valence-electron chi connectivity index (χ3n) is 4.54. The van der Waals surface area contributed by atoms with Gasteiger partial charge in [-0.3, -0.25) is 14.4 Å². The number of nitrogens with zero attached hydrogens (tertiary/aromatic N) is 1. The molecule has 0 saturated heterocycles. The maximum atomic E-state index is 12.7. The molecule has 0 radical (unpaired) electrons. The zero-order chi connectivity index (χ0) is 24.7. The summed E-state index contributed by atoms with van der Waals surface area (Å²) >= 11 is 1.06. The summed E-state index contributed by atoms with van der Waals surface area (Å²) in [6, 6.07) is 11.7. The molecule has 1 heterocycles. The molecular formula is C23H21F3N4O3S. The van der Waals surface area contributed by atoms with Crippen LogP contribution in [0.4, 0.5) is 24.5 Å². The number of halogens is 3. The van der Waals surface area contributed by atoms with E-state index in [1.807, 2.05) is 6.92 Å². The molecule has 7 nitrogen and oxygen atoms in total. The molecular weight excluding hydrogens is 469 g/mol. The van der Waals surface area contributed by atoms with Crippen molar-refractivity contribution in [1.29, 1.82) is 0 Å². The van der Waals surface area contributed by atoms with Crippen LogP contribution in [0, 0.1) is 0 Å². The molecule has 3 aromatic rings. The van der Waals surface area contributed by atoms with Gasteiger partial charge in [-0.05, 0) is 42.8 Å². The minimum absolute atomic E-state index is 0.0340. The summed E-state index contributed by atoms with van der Waals surface area (Å²) in [4.78, 5) is 43.6. The molecule has 0 saturated carbocycles. The van der Waals surface area contributed by atoms with Crippen LogP contribution in [0.25, 0.3) is 0 Å². The van der Waals surface area contributed by atoms with Crippen molar-refractivity contribution in [3.05, 3.63) is 81.8 Å². The fraction of sp³-hybridized carbons (Fsp3) is 0.217. The SMILES string of the molecule is CCCc1cc(=O)[nH]c(SCC(=O)Nc2ccccc2NC(=O)c2ccc(C(F)(F)F)cc2)n1. The van der Waals surface area contributed by atoms with E-state index in [0.29, 0.717) is 23.0 Å². The van der Waals surface area contributed by atoms with Crippen LogP contribution in [0.1, 0.15) is 35.0 Å². The number of aromatic amines is 1. The first-order valence-corrected chi connectivity index (χ1v) is 11.2. The summed E-state index contributed by atoms with van der Waals surface area (Å²) in [5.74, 6) is -1.07. The maximum Gasteiger partial charge on any atom is 0.416 e. The Balaban J connectivity index is 1.64. The molecule has 0 aliphatic heterocycles. The number of aromatic nitrogens is 2. The van der Waals surface area contributed by atoms with Crippen LogP contribution in [0.3, 0.4) is 0 Å². The van der Waals surface area contributed by atoms with E-state index in [1.165, 1.54) is 6.07 Å². The zero-order valence-electron chi connectivity index (χ0n) is 18.0. The second-order valence-electron chi connectivity index (χ2n) is 7.20. The third kappa shape index (κ3) is 6.95. The van der Waals surface area contributed by atoms with E-state index >= 15 is 0 Å². The molecule has 0 atom stereocenters. The predicted molar refractivity (Wildman–Crippen MR) is 124 cm³/mol. The average Bonchev–Trinajstić information content (AvgIpc) is 2.78. The van der Waals surface area contributed by atoms with Crippen LogP contribution in [0.2, 0.25) is 0 Å². The van der Waals surface area contributed by atoms with Crippen molar-refractivity contribution in [3.8, 4) is 0 Å². The number of rotatable bonds is 8. The first-order chi connectivity index (χ1) is 16.2. The van der Waals surface area contributed by atoms with Crippen molar-refractivity contribution in [3.63, 3.8) is 0 Å². The molecule has 0 bridgehead atoms. The number of amides is 2. The van der Waals surface area contributed by atoms with E-state index in [1.54, 1.807) is 24.3 Å². The highest BCUT2D eigenvalue weighted by atomic mass is 32.2. The van der Waals surface area contributed by atoms with Crippen LogP contribution in [-0.2, 0) is 17.4 Å². The van der Waals surface area contributed by atoms with Gasteiger partial charge in [-0.25, -0.2) is 4.98 Å². The normalized spacial score (nSPS) is 11.2. The molecule has 0 fully saturated rings. The smallest absolute Gasteiger partial charge is 0.324 e. The number of thioether (sulfide) groups is 1. The lowest BCUT2D eigenvalue weighted by Gasteiger charge is -2.13. The first kappa shape index (κ1) is 25.0. The number of alkyl halides is 3. The van der Waals surface area contributed by atoms with Crippen LogP contribution in [0.5, 0.6) is 0 Å². The number of para-hydroxylation sites is 2. The molecule has 178 valence electrons. The summed E-state index contributed by atoms with van der Waals surface area (Å²) in [5.41, 5.74) is 0.122. The van der Waals surface area contributed by atoms with Gasteiger partial charge in [0, 0.05) is 17.3 Å². The van der Waals surface area contributed by atoms with Crippen molar-refractivity contribution in [2.24, 2.45) is 0 Å². The van der Waals surface area contributed by atoms with Gasteiger partial charge < -0.3 is 15.6 Å². The minimum Gasteiger partial charge on any atom is -0.324 e. The summed E-state index contributed by atoms with van der Waals surface area (Å²) in [6.45, 7) is 1.97. The first-order valence-electron chi connectivity index (χ1n) is 10.3. The van der Waals surface area contributed by atoms with Crippen LogP contribution in [0.15, 0.2) is 64.5 Å². The van der Waals surface area contributed by atoms with E-state index in [9.17, 15) is 27.6 Å². The molecule has 0 aliphatic carbocycles. The van der Waals surface area contributed by atoms with Gasteiger partial charge in [0.05, 0.1) is 22.7 Å². The van der Waals surface area contributed by atoms with E-state index in [0.717, 1.165) is 42.4 Å². The maximum absolute atomic E-state index is 12.7. The van der Waals surface area contributed by atoms with Gasteiger partial charge in [-0.15, -0.1) is 0 Å². The van der Waals surface area contributed by atoms with Crippen molar-refractivity contribution < 1.29 is 22.8 Å². The number of carbonyl (C=O) groups is 2. The number of anilines is 2. The van der Waals surface area contributed by atoms with Gasteiger partial charge in [0.2, 0.25) is 5.91 Å². The Bertz CT molecular complexity index is 1230. The molecule has 2 aromatic carbocycles. The van der Waals surface area contributed by atoms with Gasteiger partial charge in [0.1, 0.15) is 0 Å². The number of H-pyrrole nitrogens is 1. The largest absolute Gasteiger partial charge is 0.416 e. The molecule has 34 heavy (non-hydrogen) atoms. The number of hydrogen-bond donors (Lipinski definition) is 3. The molecule has 3 N–H and O–H groups in total. The highest BCUT2D eigenvalue weighted by Crippen LogP contribution is 2.29. The lowest BCUT2D eigenvalue weighted by Crippen LogP contribution is -2.18. The van der Waals surface area contributed by atoms with Crippen LogP contribution < -0.4 is 16.2 Å². The Morgan fingerprint density at radius 2 is 1.68 bits per heavy atom. The van der Waals surface area contributed by atoms with Gasteiger partial charge in [0.15, 0.2) is 5.16 Å². The highest BCUT2D eigenvalue weighted by Gasteiger charge is 2.30. The van der Waals surface area contributed by atoms with E-state index in [4.69, 9.17) is 0 Å². The highest BCUT2D eigenvalue weighted by molar-refractivity contribution is 7.99. The lowest BCUT2D eigenvalue weighted by atomic mass is 10.1.